The summed E-state index contributed by atoms with van der Waals surface area (Å²) < 4.78 is 5.05. The van der Waals surface area contributed by atoms with Crippen molar-refractivity contribution >= 4 is 12.1 Å². The Hall–Kier alpha value is -2.82. The quantitative estimate of drug-likeness (QED) is 0.860. The molecule has 0 aliphatic rings. The van der Waals surface area contributed by atoms with Crippen molar-refractivity contribution in [2.24, 2.45) is 0 Å². The van der Waals surface area contributed by atoms with Gasteiger partial charge in [-0.3, -0.25) is 4.79 Å². The predicted octanol–water partition coefficient (Wildman–Crippen LogP) is 2.78. The molecule has 0 radical (unpaired) electrons. The van der Waals surface area contributed by atoms with E-state index in [1.807, 2.05) is 36.4 Å². The Morgan fingerprint density at radius 2 is 1.59 bits per heavy atom. The van der Waals surface area contributed by atoms with E-state index >= 15 is 0 Å². The first kappa shape index (κ1) is 15.6. The molecule has 0 bridgehead atoms. The summed E-state index contributed by atoms with van der Waals surface area (Å²) in [6.45, 7) is 0.128. The molecule has 2 aromatic rings. The number of carboxylic acid groups (broad SMARTS) is 1. The van der Waals surface area contributed by atoms with Crippen LogP contribution in [-0.2, 0) is 16.1 Å². The molecule has 1 atom stereocenters. The number of ether oxygens (including phenoxy) is 1. The van der Waals surface area contributed by atoms with Crippen LogP contribution in [0.3, 0.4) is 0 Å². The number of carbonyl (C=O) groups excluding carboxylic acids is 1. The molecule has 0 aromatic heterocycles. The number of rotatable bonds is 6. The number of hydrogen-bond donors (Lipinski definition) is 2. The fourth-order valence-corrected chi connectivity index (χ4v) is 1.99. The van der Waals surface area contributed by atoms with Crippen LogP contribution in [0.15, 0.2) is 60.7 Å². The lowest BCUT2D eigenvalue weighted by Crippen LogP contribution is -2.32. The maximum absolute atomic E-state index is 11.6. The Morgan fingerprint density at radius 3 is 2.18 bits per heavy atom. The van der Waals surface area contributed by atoms with E-state index in [-0.39, 0.29) is 13.2 Å². The molecule has 0 heterocycles. The van der Waals surface area contributed by atoms with Crippen molar-refractivity contribution in [3.05, 3.63) is 71.8 Å². The number of aliphatic carboxylic acids is 1. The van der Waals surface area contributed by atoms with Crippen molar-refractivity contribution in [2.45, 2.75) is 12.5 Å². The Labute approximate surface area is 128 Å². The van der Waals surface area contributed by atoms with Crippen molar-refractivity contribution in [1.82, 2.24) is 5.32 Å². The van der Waals surface area contributed by atoms with Gasteiger partial charge in [-0.05, 0) is 11.1 Å². The van der Waals surface area contributed by atoms with Gasteiger partial charge in [0.25, 0.3) is 0 Å². The van der Waals surface area contributed by atoms with E-state index in [4.69, 9.17) is 4.74 Å². The van der Waals surface area contributed by atoms with E-state index in [9.17, 15) is 14.7 Å². The molecule has 0 saturated carbocycles. The minimum Gasteiger partial charge on any atom is -0.481 e. The van der Waals surface area contributed by atoms with Crippen LogP contribution in [0.25, 0.3) is 0 Å². The first-order chi connectivity index (χ1) is 10.7. The summed E-state index contributed by atoms with van der Waals surface area (Å²) in [4.78, 5) is 22.9. The van der Waals surface area contributed by atoms with E-state index in [1.54, 1.807) is 24.3 Å². The number of carboxylic acids is 1. The van der Waals surface area contributed by atoms with Crippen LogP contribution in [0, 0.1) is 0 Å². The normalized spacial score (nSPS) is 11.5. The zero-order valence-corrected chi connectivity index (χ0v) is 11.9. The van der Waals surface area contributed by atoms with Crippen molar-refractivity contribution in [3.8, 4) is 0 Å². The summed E-state index contributed by atoms with van der Waals surface area (Å²) in [5.41, 5.74) is 1.51. The third kappa shape index (κ3) is 4.63. The molecule has 5 heteroatoms. The van der Waals surface area contributed by atoms with Gasteiger partial charge >= 0.3 is 12.1 Å². The largest absolute Gasteiger partial charge is 0.481 e. The maximum atomic E-state index is 11.6. The molecule has 0 unspecified atom stereocenters. The van der Waals surface area contributed by atoms with E-state index in [1.165, 1.54) is 0 Å². The molecule has 5 nitrogen and oxygen atoms in total. The molecule has 0 spiro atoms. The smallest absolute Gasteiger partial charge is 0.407 e. The molecule has 114 valence electrons. The molecule has 0 aliphatic heterocycles. The molecular weight excluding hydrogens is 282 g/mol. The SMILES string of the molecule is O=C(NC[C@@H](C(=O)O)c1ccccc1)OCc1ccccc1. The summed E-state index contributed by atoms with van der Waals surface area (Å²) >= 11 is 0. The topological polar surface area (TPSA) is 75.6 Å². The lowest BCUT2D eigenvalue weighted by atomic mass is 9.99. The highest BCUT2D eigenvalue weighted by molar-refractivity contribution is 5.77. The standard InChI is InChI=1S/C17H17NO4/c19-16(20)15(14-9-5-2-6-10-14)11-18-17(21)22-12-13-7-3-1-4-8-13/h1-10,15H,11-12H2,(H,18,21)(H,19,20)/t15-/m1/s1. The third-order valence-corrected chi connectivity index (χ3v) is 3.16. The molecule has 2 aromatic carbocycles. The number of hydrogen-bond acceptors (Lipinski definition) is 3. The Morgan fingerprint density at radius 1 is 1.00 bits per heavy atom. The van der Waals surface area contributed by atoms with Crippen LogP contribution < -0.4 is 5.32 Å². The lowest BCUT2D eigenvalue weighted by Gasteiger charge is -2.14. The summed E-state index contributed by atoms with van der Waals surface area (Å²) in [6.07, 6.45) is -0.633. The Kier molecular flexibility index (Phi) is 5.54. The van der Waals surface area contributed by atoms with Gasteiger partial charge in [-0.25, -0.2) is 4.79 Å². The minimum atomic E-state index is -0.991. The van der Waals surface area contributed by atoms with Gasteiger partial charge < -0.3 is 15.2 Å². The van der Waals surface area contributed by atoms with Crippen LogP contribution >= 0.6 is 0 Å². The molecule has 0 fully saturated rings. The zero-order valence-electron chi connectivity index (χ0n) is 11.9. The van der Waals surface area contributed by atoms with E-state index in [0.717, 1.165) is 5.56 Å². The number of amides is 1. The Balaban J connectivity index is 1.85. The highest BCUT2D eigenvalue weighted by Crippen LogP contribution is 2.14. The average molecular weight is 299 g/mol. The second-order valence-corrected chi connectivity index (χ2v) is 4.74. The highest BCUT2D eigenvalue weighted by atomic mass is 16.5. The number of carbonyl (C=O) groups is 2. The Bertz CT molecular complexity index is 613. The number of nitrogens with one attached hydrogen (secondary N) is 1. The summed E-state index contributed by atoms with van der Waals surface area (Å²) in [7, 11) is 0. The summed E-state index contributed by atoms with van der Waals surface area (Å²) in [5.74, 6) is -1.79. The molecule has 22 heavy (non-hydrogen) atoms. The second kappa shape index (κ2) is 7.83. The predicted molar refractivity (Wildman–Crippen MR) is 81.4 cm³/mol. The first-order valence-electron chi connectivity index (χ1n) is 6.89. The van der Waals surface area contributed by atoms with Gasteiger partial charge in [-0.1, -0.05) is 60.7 Å². The summed E-state index contributed by atoms with van der Waals surface area (Å²) in [6, 6.07) is 18.0. The number of benzene rings is 2. The monoisotopic (exact) mass is 299 g/mol. The van der Waals surface area contributed by atoms with Gasteiger partial charge in [0.2, 0.25) is 0 Å². The van der Waals surface area contributed by atoms with E-state index in [0.29, 0.717) is 5.56 Å². The maximum Gasteiger partial charge on any atom is 0.407 e. The fraction of sp³-hybridized carbons (Fsp3) is 0.176. The van der Waals surface area contributed by atoms with Gasteiger partial charge in [-0.15, -0.1) is 0 Å². The third-order valence-electron chi connectivity index (χ3n) is 3.16. The van der Waals surface area contributed by atoms with Gasteiger partial charge in [0.15, 0.2) is 0 Å². The van der Waals surface area contributed by atoms with Crippen molar-refractivity contribution in [3.63, 3.8) is 0 Å². The van der Waals surface area contributed by atoms with Crippen LogP contribution in [0.2, 0.25) is 0 Å². The van der Waals surface area contributed by atoms with Gasteiger partial charge in [0.1, 0.15) is 6.61 Å². The van der Waals surface area contributed by atoms with Gasteiger partial charge in [0.05, 0.1) is 5.92 Å². The zero-order chi connectivity index (χ0) is 15.8. The average Bonchev–Trinajstić information content (AvgIpc) is 2.55. The molecule has 2 rings (SSSR count). The lowest BCUT2D eigenvalue weighted by molar-refractivity contribution is -0.138. The molecule has 0 aliphatic carbocycles. The molecule has 1 amide bonds. The van der Waals surface area contributed by atoms with Gasteiger partial charge in [-0.2, -0.15) is 0 Å². The van der Waals surface area contributed by atoms with Crippen LogP contribution in [-0.4, -0.2) is 23.7 Å². The first-order valence-corrected chi connectivity index (χ1v) is 6.89. The van der Waals surface area contributed by atoms with Crippen molar-refractivity contribution in [1.29, 1.82) is 0 Å². The van der Waals surface area contributed by atoms with Crippen molar-refractivity contribution in [2.75, 3.05) is 6.54 Å². The van der Waals surface area contributed by atoms with E-state index in [2.05, 4.69) is 5.32 Å². The van der Waals surface area contributed by atoms with Gasteiger partial charge in [0, 0.05) is 6.54 Å². The van der Waals surface area contributed by atoms with E-state index < -0.39 is 18.0 Å². The van der Waals surface area contributed by atoms with Crippen LogP contribution in [0.1, 0.15) is 17.0 Å². The minimum absolute atomic E-state index is 0.0209. The molecule has 0 saturated heterocycles. The second-order valence-electron chi connectivity index (χ2n) is 4.74. The van der Waals surface area contributed by atoms with Crippen LogP contribution in [0.5, 0.6) is 0 Å². The molecular formula is C17H17NO4. The number of alkyl carbamates (subject to hydrolysis) is 1. The molecule has 2 N–H and O–H groups in total. The van der Waals surface area contributed by atoms with Crippen LogP contribution in [0.4, 0.5) is 4.79 Å². The summed E-state index contributed by atoms with van der Waals surface area (Å²) in [5, 5.41) is 11.7. The highest BCUT2D eigenvalue weighted by Gasteiger charge is 2.20. The van der Waals surface area contributed by atoms with Crippen molar-refractivity contribution < 1.29 is 19.4 Å². The fourth-order valence-electron chi connectivity index (χ4n) is 1.99.